The second-order valence-corrected chi connectivity index (χ2v) is 8.75. The summed E-state index contributed by atoms with van der Waals surface area (Å²) < 4.78 is 16.5. The molecule has 0 heterocycles. The summed E-state index contributed by atoms with van der Waals surface area (Å²) in [5.74, 6) is 0.0597. The van der Waals surface area contributed by atoms with Crippen LogP contribution >= 0.6 is 23.2 Å². The van der Waals surface area contributed by atoms with Gasteiger partial charge in [-0.25, -0.2) is 10.2 Å². The van der Waals surface area contributed by atoms with Crippen LogP contribution < -0.4 is 19.6 Å². The number of esters is 1. The van der Waals surface area contributed by atoms with E-state index in [2.05, 4.69) is 10.5 Å². The first-order valence-electron chi connectivity index (χ1n) is 11.2. The van der Waals surface area contributed by atoms with Crippen LogP contribution in [0.4, 0.5) is 0 Å². The summed E-state index contributed by atoms with van der Waals surface area (Å²) in [6.45, 7) is 1.64. The number of nitrogens with zero attached hydrogens (tertiary/aromatic N) is 1. The van der Waals surface area contributed by atoms with E-state index in [0.717, 1.165) is 10.8 Å². The van der Waals surface area contributed by atoms with Gasteiger partial charge in [0.05, 0.1) is 28.9 Å². The Morgan fingerprint density at radius 2 is 1.68 bits per heavy atom. The number of hydrogen-bond acceptors (Lipinski definition) is 6. The maximum absolute atomic E-state index is 12.5. The van der Waals surface area contributed by atoms with E-state index < -0.39 is 18.0 Å². The number of hydrazone groups is 1. The van der Waals surface area contributed by atoms with Crippen molar-refractivity contribution in [3.8, 4) is 17.2 Å². The number of ether oxygens (including phenoxy) is 3. The molecule has 0 spiro atoms. The molecular formula is C28H22Cl2N2O5. The molecule has 1 atom stereocenters. The molecular weight excluding hydrogens is 515 g/mol. The predicted octanol–water partition coefficient (Wildman–Crippen LogP) is 6.29. The lowest BCUT2D eigenvalue weighted by molar-refractivity contribution is -0.127. The zero-order valence-corrected chi connectivity index (χ0v) is 21.4. The summed E-state index contributed by atoms with van der Waals surface area (Å²) in [7, 11) is 1.44. The van der Waals surface area contributed by atoms with Crippen LogP contribution in [0.3, 0.4) is 0 Å². The van der Waals surface area contributed by atoms with Crippen LogP contribution in [0.25, 0.3) is 10.8 Å². The lowest BCUT2D eigenvalue weighted by Crippen LogP contribution is -2.33. The highest BCUT2D eigenvalue weighted by Crippen LogP contribution is 2.29. The minimum atomic E-state index is -0.768. The Morgan fingerprint density at radius 1 is 0.892 bits per heavy atom. The molecule has 0 bridgehead atoms. The van der Waals surface area contributed by atoms with E-state index in [1.54, 1.807) is 25.1 Å². The highest BCUT2D eigenvalue weighted by Gasteiger charge is 2.16. The zero-order chi connectivity index (χ0) is 26.4. The second-order valence-electron chi connectivity index (χ2n) is 7.93. The van der Waals surface area contributed by atoms with Crippen LogP contribution in [-0.4, -0.2) is 31.3 Å². The SMILES string of the molecule is COc1cc(/C=N\NC(=O)[C@@H](C)Oc2ccc3ccccc3c2)ccc1OC(=O)c1ccc(Cl)c(Cl)c1. The summed E-state index contributed by atoms with van der Waals surface area (Å²) in [6.07, 6.45) is 0.671. The van der Waals surface area contributed by atoms with Crippen molar-refractivity contribution in [2.45, 2.75) is 13.0 Å². The largest absolute Gasteiger partial charge is 0.493 e. The molecule has 0 aliphatic heterocycles. The minimum absolute atomic E-state index is 0.206. The van der Waals surface area contributed by atoms with E-state index in [-0.39, 0.29) is 16.3 Å². The molecule has 1 amide bonds. The van der Waals surface area contributed by atoms with Crippen molar-refractivity contribution in [2.24, 2.45) is 5.10 Å². The van der Waals surface area contributed by atoms with Gasteiger partial charge in [-0.3, -0.25) is 4.79 Å². The lowest BCUT2D eigenvalue weighted by Gasteiger charge is -2.13. The number of carbonyl (C=O) groups excluding carboxylic acids is 2. The number of rotatable bonds is 8. The average molecular weight is 537 g/mol. The predicted molar refractivity (Wildman–Crippen MR) is 144 cm³/mol. The molecule has 0 saturated heterocycles. The molecule has 37 heavy (non-hydrogen) atoms. The summed E-state index contributed by atoms with van der Waals surface area (Å²) in [5.41, 5.74) is 3.31. The summed E-state index contributed by atoms with van der Waals surface area (Å²) in [6, 6.07) is 22.8. The molecule has 0 aromatic heterocycles. The molecule has 0 radical (unpaired) electrons. The molecule has 4 aromatic rings. The molecule has 4 rings (SSSR count). The topological polar surface area (TPSA) is 86.2 Å². The van der Waals surface area contributed by atoms with Gasteiger partial charge in [0.1, 0.15) is 5.75 Å². The molecule has 4 aromatic carbocycles. The van der Waals surface area contributed by atoms with Gasteiger partial charge in [0.25, 0.3) is 5.91 Å². The van der Waals surface area contributed by atoms with Gasteiger partial charge in [-0.2, -0.15) is 5.10 Å². The van der Waals surface area contributed by atoms with Crippen LogP contribution in [0.1, 0.15) is 22.8 Å². The fourth-order valence-electron chi connectivity index (χ4n) is 3.39. The second kappa shape index (κ2) is 11.8. The van der Waals surface area contributed by atoms with E-state index in [0.29, 0.717) is 22.1 Å². The number of carbonyl (C=O) groups is 2. The van der Waals surface area contributed by atoms with Crippen molar-refractivity contribution in [3.05, 3.63) is 100 Å². The van der Waals surface area contributed by atoms with Gasteiger partial charge in [0, 0.05) is 0 Å². The van der Waals surface area contributed by atoms with Crippen LogP contribution in [-0.2, 0) is 4.79 Å². The Bertz CT molecular complexity index is 1490. The van der Waals surface area contributed by atoms with Crippen molar-refractivity contribution in [1.82, 2.24) is 5.43 Å². The molecule has 0 aliphatic carbocycles. The standard InChI is InChI=1S/C28H22Cl2N2O5/c1-17(36-22-10-8-19-5-3-4-6-20(19)14-22)27(33)32-31-16-18-7-12-25(26(13-18)35-2)37-28(34)21-9-11-23(29)24(30)15-21/h3-17H,1-2H3,(H,32,33)/b31-16-/t17-/m1/s1. The van der Waals surface area contributed by atoms with E-state index in [1.165, 1.54) is 31.5 Å². The molecule has 0 aliphatic rings. The van der Waals surface area contributed by atoms with Crippen molar-refractivity contribution < 1.29 is 23.8 Å². The first kappa shape index (κ1) is 26.0. The van der Waals surface area contributed by atoms with E-state index >= 15 is 0 Å². The molecule has 1 N–H and O–H groups in total. The number of hydrogen-bond donors (Lipinski definition) is 1. The summed E-state index contributed by atoms with van der Waals surface area (Å²) in [5, 5.41) is 6.67. The van der Waals surface area contributed by atoms with Crippen molar-refractivity contribution in [3.63, 3.8) is 0 Å². The molecule has 9 heteroatoms. The third-order valence-corrected chi connectivity index (χ3v) is 6.08. The van der Waals surface area contributed by atoms with Crippen molar-refractivity contribution in [1.29, 1.82) is 0 Å². The van der Waals surface area contributed by atoms with E-state index in [9.17, 15) is 9.59 Å². The lowest BCUT2D eigenvalue weighted by atomic mass is 10.1. The third kappa shape index (κ3) is 6.58. The Kier molecular flexibility index (Phi) is 8.28. The molecule has 7 nitrogen and oxygen atoms in total. The Labute approximate surface area is 223 Å². The number of fused-ring (bicyclic) bond motifs is 1. The first-order chi connectivity index (χ1) is 17.8. The van der Waals surface area contributed by atoms with Gasteiger partial charge in [0.2, 0.25) is 0 Å². The van der Waals surface area contributed by atoms with Gasteiger partial charge in [-0.15, -0.1) is 0 Å². The highest BCUT2D eigenvalue weighted by atomic mass is 35.5. The molecule has 0 unspecified atom stereocenters. The van der Waals surface area contributed by atoms with Gasteiger partial charge in [0.15, 0.2) is 17.6 Å². The maximum atomic E-state index is 12.5. The van der Waals surface area contributed by atoms with Crippen LogP contribution in [0, 0.1) is 0 Å². The number of benzene rings is 4. The monoisotopic (exact) mass is 536 g/mol. The summed E-state index contributed by atoms with van der Waals surface area (Å²) in [4.78, 5) is 24.9. The quantitative estimate of drug-likeness (QED) is 0.124. The van der Waals surface area contributed by atoms with Crippen LogP contribution in [0.15, 0.2) is 84.0 Å². The number of nitrogens with one attached hydrogen (secondary N) is 1. The maximum Gasteiger partial charge on any atom is 0.343 e. The van der Waals surface area contributed by atoms with Crippen LogP contribution in [0.2, 0.25) is 10.0 Å². The van der Waals surface area contributed by atoms with E-state index in [1.807, 2.05) is 42.5 Å². The van der Waals surface area contributed by atoms with Crippen LogP contribution in [0.5, 0.6) is 17.2 Å². The molecule has 0 fully saturated rings. The van der Waals surface area contributed by atoms with Crippen molar-refractivity contribution in [2.75, 3.05) is 7.11 Å². The van der Waals surface area contributed by atoms with E-state index in [4.69, 9.17) is 37.4 Å². The van der Waals surface area contributed by atoms with Gasteiger partial charge >= 0.3 is 5.97 Å². The Balaban J connectivity index is 1.36. The van der Waals surface area contributed by atoms with Crippen molar-refractivity contribution >= 4 is 52.1 Å². The highest BCUT2D eigenvalue weighted by molar-refractivity contribution is 6.42. The first-order valence-corrected chi connectivity index (χ1v) is 11.9. The zero-order valence-electron chi connectivity index (χ0n) is 19.9. The third-order valence-electron chi connectivity index (χ3n) is 5.34. The fourth-order valence-corrected chi connectivity index (χ4v) is 3.69. The fraction of sp³-hybridized carbons (Fsp3) is 0.107. The Morgan fingerprint density at radius 3 is 2.43 bits per heavy atom. The summed E-state index contributed by atoms with van der Waals surface area (Å²) >= 11 is 11.9. The number of amides is 1. The number of halogens is 2. The van der Waals surface area contributed by atoms with Gasteiger partial charge < -0.3 is 14.2 Å². The van der Waals surface area contributed by atoms with Gasteiger partial charge in [-0.05, 0) is 71.8 Å². The number of methoxy groups -OCH3 is 1. The smallest absolute Gasteiger partial charge is 0.343 e. The minimum Gasteiger partial charge on any atom is -0.493 e. The Hall–Kier alpha value is -4.07. The van der Waals surface area contributed by atoms with Gasteiger partial charge in [-0.1, -0.05) is 53.5 Å². The average Bonchev–Trinajstić information content (AvgIpc) is 2.90. The normalized spacial score (nSPS) is 11.8. The molecule has 0 saturated carbocycles. The molecule has 188 valence electrons.